The molecule has 7 nitrogen and oxygen atoms in total. The van der Waals surface area contributed by atoms with Crippen molar-refractivity contribution >= 4 is 29.3 Å². The van der Waals surface area contributed by atoms with Crippen molar-refractivity contribution in [3.8, 4) is 0 Å². The molecule has 0 atom stereocenters. The van der Waals surface area contributed by atoms with Crippen molar-refractivity contribution in [2.24, 2.45) is 0 Å². The first kappa shape index (κ1) is 21.0. The van der Waals surface area contributed by atoms with Crippen LogP contribution in [0.15, 0.2) is 42.5 Å². The van der Waals surface area contributed by atoms with Crippen molar-refractivity contribution in [3.63, 3.8) is 0 Å². The van der Waals surface area contributed by atoms with Gasteiger partial charge >= 0.3 is 18.0 Å². The van der Waals surface area contributed by atoms with Gasteiger partial charge in [-0.1, -0.05) is 32.9 Å². The summed E-state index contributed by atoms with van der Waals surface area (Å²) >= 11 is 0. The molecule has 0 saturated carbocycles. The second-order valence-corrected chi connectivity index (χ2v) is 7.15. The number of carbonyl (C=O) groups is 3. The zero-order valence-electron chi connectivity index (χ0n) is 16.6. The number of anilines is 2. The smallest absolute Gasteiger partial charge is 0.339 e. The molecule has 28 heavy (non-hydrogen) atoms. The maximum atomic E-state index is 12.4. The van der Waals surface area contributed by atoms with Gasteiger partial charge in [-0.05, 0) is 41.3 Å². The Bertz CT molecular complexity index is 883. The molecule has 0 heterocycles. The first-order valence-electron chi connectivity index (χ1n) is 8.65. The van der Waals surface area contributed by atoms with E-state index in [1.165, 1.54) is 32.4 Å². The molecule has 2 aromatic carbocycles. The molecule has 2 N–H and O–H groups in total. The van der Waals surface area contributed by atoms with Crippen molar-refractivity contribution in [1.82, 2.24) is 0 Å². The van der Waals surface area contributed by atoms with Crippen LogP contribution in [0, 0.1) is 0 Å². The van der Waals surface area contributed by atoms with Gasteiger partial charge in [-0.15, -0.1) is 0 Å². The fraction of sp³-hybridized carbons (Fsp3) is 0.286. The fourth-order valence-corrected chi connectivity index (χ4v) is 2.52. The lowest BCUT2D eigenvalue weighted by Crippen LogP contribution is -2.22. The Labute approximate surface area is 164 Å². The largest absolute Gasteiger partial charge is 0.465 e. The monoisotopic (exact) mass is 384 g/mol. The maximum Gasteiger partial charge on any atom is 0.339 e. The zero-order chi connectivity index (χ0) is 20.9. The molecule has 2 amide bonds. The van der Waals surface area contributed by atoms with Crippen molar-refractivity contribution in [1.29, 1.82) is 0 Å². The van der Waals surface area contributed by atoms with Gasteiger partial charge in [0.25, 0.3) is 0 Å². The Morgan fingerprint density at radius 1 is 0.821 bits per heavy atom. The van der Waals surface area contributed by atoms with Gasteiger partial charge in [0.2, 0.25) is 0 Å². The Balaban J connectivity index is 2.21. The minimum absolute atomic E-state index is 0.00449. The third-order valence-corrected chi connectivity index (χ3v) is 4.10. The number of nitrogens with one attached hydrogen (secondary N) is 2. The van der Waals surface area contributed by atoms with Crippen molar-refractivity contribution in [2.75, 3.05) is 24.9 Å². The molecule has 0 unspecified atom stereocenters. The van der Waals surface area contributed by atoms with E-state index in [4.69, 9.17) is 4.74 Å². The lowest BCUT2D eigenvalue weighted by molar-refractivity contribution is 0.0587. The molecule has 0 aliphatic carbocycles. The van der Waals surface area contributed by atoms with Gasteiger partial charge in [-0.2, -0.15) is 0 Å². The summed E-state index contributed by atoms with van der Waals surface area (Å²) in [6.45, 7) is 6.31. The van der Waals surface area contributed by atoms with Crippen molar-refractivity contribution < 1.29 is 23.9 Å². The number of rotatable bonds is 4. The third kappa shape index (κ3) is 5.09. The molecule has 0 spiro atoms. The highest BCUT2D eigenvalue weighted by molar-refractivity contribution is 6.06. The Kier molecular flexibility index (Phi) is 6.41. The highest BCUT2D eigenvalue weighted by Crippen LogP contribution is 2.24. The molecule has 2 rings (SSSR count). The molecule has 0 aliphatic heterocycles. The number of ether oxygens (including phenoxy) is 2. The molecule has 0 saturated heterocycles. The maximum absolute atomic E-state index is 12.4. The van der Waals surface area contributed by atoms with E-state index >= 15 is 0 Å². The fourth-order valence-electron chi connectivity index (χ4n) is 2.52. The first-order valence-corrected chi connectivity index (χ1v) is 8.65. The van der Waals surface area contributed by atoms with Crippen LogP contribution in [0.2, 0.25) is 0 Å². The standard InChI is InChI=1S/C21H24N2O5/c1-21(2,3)14-7-9-15(10-8-14)22-20(26)23-17-12-13(18(24)27-4)6-11-16(17)19(25)28-5/h6-12H,1-5H3,(H2,22,23,26). The molecular weight excluding hydrogens is 360 g/mol. The summed E-state index contributed by atoms with van der Waals surface area (Å²) in [4.78, 5) is 36.1. The molecule has 0 fully saturated rings. The summed E-state index contributed by atoms with van der Waals surface area (Å²) in [6, 6.07) is 11.1. The lowest BCUT2D eigenvalue weighted by Gasteiger charge is -2.19. The van der Waals surface area contributed by atoms with E-state index in [0.717, 1.165) is 5.56 Å². The van der Waals surface area contributed by atoms with E-state index in [0.29, 0.717) is 5.69 Å². The molecular formula is C21H24N2O5. The number of urea groups is 1. The van der Waals surface area contributed by atoms with E-state index in [-0.39, 0.29) is 22.2 Å². The average molecular weight is 384 g/mol. The van der Waals surface area contributed by atoms with E-state index in [9.17, 15) is 14.4 Å². The van der Waals surface area contributed by atoms with Crippen LogP contribution in [0.25, 0.3) is 0 Å². The van der Waals surface area contributed by atoms with Gasteiger partial charge in [0.1, 0.15) is 0 Å². The topological polar surface area (TPSA) is 93.7 Å². The molecule has 2 aromatic rings. The van der Waals surface area contributed by atoms with Crippen LogP contribution >= 0.6 is 0 Å². The molecule has 0 radical (unpaired) electrons. The van der Waals surface area contributed by atoms with E-state index in [1.54, 1.807) is 12.1 Å². The second-order valence-electron chi connectivity index (χ2n) is 7.15. The van der Waals surface area contributed by atoms with E-state index < -0.39 is 18.0 Å². The number of methoxy groups -OCH3 is 2. The van der Waals surface area contributed by atoms with Crippen LogP contribution in [-0.2, 0) is 14.9 Å². The van der Waals surface area contributed by atoms with Gasteiger partial charge in [0.15, 0.2) is 0 Å². The number of hydrogen-bond donors (Lipinski definition) is 2. The molecule has 7 heteroatoms. The Morgan fingerprint density at radius 3 is 1.96 bits per heavy atom. The number of amides is 2. The number of hydrogen-bond acceptors (Lipinski definition) is 5. The van der Waals surface area contributed by atoms with E-state index in [2.05, 4.69) is 36.1 Å². The van der Waals surface area contributed by atoms with Gasteiger partial charge in [-0.3, -0.25) is 0 Å². The summed E-state index contributed by atoms with van der Waals surface area (Å²) in [7, 11) is 2.48. The average Bonchev–Trinajstić information content (AvgIpc) is 2.66. The Hall–Kier alpha value is -3.35. The van der Waals surface area contributed by atoms with Gasteiger partial charge in [-0.25, -0.2) is 14.4 Å². The third-order valence-electron chi connectivity index (χ3n) is 4.10. The van der Waals surface area contributed by atoms with Crippen LogP contribution in [-0.4, -0.2) is 32.2 Å². The predicted molar refractivity (Wildman–Crippen MR) is 107 cm³/mol. The number of carbonyl (C=O) groups excluding carboxylic acids is 3. The second kappa shape index (κ2) is 8.56. The summed E-state index contributed by atoms with van der Waals surface area (Å²) in [5.74, 6) is -1.22. The first-order chi connectivity index (χ1) is 13.2. The summed E-state index contributed by atoms with van der Waals surface area (Å²) in [5.41, 5.74) is 2.18. The lowest BCUT2D eigenvalue weighted by atomic mass is 9.87. The summed E-state index contributed by atoms with van der Waals surface area (Å²) < 4.78 is 9.40. The van der Waals surface area contributed by atoms with Gasteiger partial charge < -0.3 is 20.1 Å². The number of benzene rings is 2. The zero-order valence-corrected chi connectivity index (χ0v) is 16.6. The summed E-state index contributed by atoms with van der Waals surface area (Å²) in [6.07, 6.45) is 0. The molecule has 148 valence electrons. The normalized spacial score (nSPS) is 10.8. The highest BCUT2D eigenvalue weighted by atomic mass is 16.5. The van der Waals surface area contributed by atoms with Gasteiger partial charge in [0.05, 0.1) is 31.0 Å². The SMILES string of the molecule is COC(=O)c1ccc(C(=O)OC)c(NC(=O)Nc2ccc(C(C)(C)C)cc2)c1. The highest BCUT2D eigenvalue weighted by Gasteiger charge is 2.18. The minimum Gasteiger partial charge on any atom is -0.465 e. The van der Waals surface area contributed by atoms with Crippen LogP contribution in [0.1, 0.15) is 47.1 Å². The van der Waals surface area contributed by atoms with Crippen molar-refractivity contribution in [3.05, 3.63) is 59.2 Å². The number of esters is 2. The van der Waals surface area contributed by atoms with Gasteiger partial charge in [0, 0.05) is 5.69 Å². The van der Waals surface area contributed by atoms with Crippen molar-refractivity contribution in [2.45, 2.75) is 26.2 Å². The minimum atomic E-state index is -0.638. The quantitative estimate of drug-likeness (QED) is 0.771. The molecule has 0 bridgehead atoms. The van der Waals surface area contributed by atoms with Crippen LogP contribution in [0.3, 0.4) is 0 Å². The van der Waals surface area contributed by atoms with Crippen LogP contribution < -0.4 is 10.6 Å². The van der Waals surface area contributed by atoms with E-state index in [1.807, 2.05) is 12.1 Å². The Morgan fingerprint density at radius 2 is 1.43 bits per heavy atom. The van der Waals surface area contributed by atoms with Crippen LogP contribution in [0.4, 0.5) is 16.2 Å². The predicted octanol–water partition coefficient (Wildman–Crippen LogP) is 4.20. The molecule has 0 aliphatic rings. The molecule has 0 aromatic heterocycles. The van der Waals surface area contributed by atoms with Crippen LogP contribution in [0.5, 0.6) is 0 Å². The summed E-state index contributed by atoms with van der Waals surface area (Å²) in [5, 5.41) is 5.28.